The van der Waals surface area contributed by atoms with Crippen LogP contribution in [-0.4, -0.2) is 24.8 Å². The summed E-state index contributed by atoms with van der Waals surface area (Å²) in [7, 11) is 0. The van der Waals surface area contributed by atoms with Gasteiger partial charge in [0.2, 0.25) is 0 Å². The van der Waals surface area contributed by atoms with Crippen molar-refractivity contribution in [2.24, 2.45) is 10.8 Å². The van der Waals surface area contributed by atoms with Crippen molar-refractivity contribution in [3.8, 4) is 11.5 Å². The molecule has 38 heavy (non-hydrogen) atoms. The molecular formula is C32H46N2O4. The third kappa shape index (κ3) is 7.52. The molecule has 0 aliphatic heterocycles. The maximum absolute atomic E-state index is 12.9. The Morgan fingerprint density at radius 1 is 0.789 bits per heavy atom. The number of hydrogen-bond donors (Lipinski definition) is 2. The van der Waals surface area contributed by atoms with Crippen LogP contribution in [0.25, 0.3) is 0 Å². The van der Waals surface area contributed by atoms with Crippen LogP contribution in [0.5, 0.6) is 11.5 Å². The molecule has 0 heterocycles. The molecule has 2 N–H and O–H groups in total. The normalized spacial score (nSPS) is 20.4. The SMILES string of the molecule is CCc1cccc(OC(=O)NCC2(C)CC(NC(=O)Oc3cccc(CC)c3CC)CC(C)(C)C2)c1CC. The topological polar surface area (TPSA) is 76.7 Å². The van der Waals surface area contributed by atoms with Crippen molar-refractivity contribution >= 4 is 12.2 Å². The highest BCUT2D eigenvalue weighted by Crippen LogP contribution is 2.46. The molecule has 2 aromatic carbocycles. The molecule has 0 radical (unpaired) electrons. The Balaban J connectivity index is 1.63. The van der Waals surface area contributed by atoms with Crippen molar-refractivity contribution in [1.82, 2.24) is 10.6 Å². The summed E-state index contributed by atoms with van der Waals surface area (Å²) in [6, 6.07) is 11.7. The zero-order chi connectivity index (χ0) is 27.9. The number of benzene rings is 2. The summed E-state index contributed by atoms with van der Waals surface area (Å²) in [4.78, 5) is 25.7. The van der Waals surface area contributed by atoms with E-state index in [9.17, 15) is 9.59 Å². The van der Waals surface area contributed by atoms with Crippen LogP contribution in [0, 0.1) is 10.8 Å². The van der Waals surface area contributed by atoms with Crippen LogP contribution < -0.4 is 20.1 Å². The molecule has 0 saturated heterocycles. The molecule has 1 saturated carbocycles. The summed E-state index contributed by atoms with van der Waals surface area (Å²) >= 11 is 0. The van der Waals surface area contributed by atoms with Crippen molar-refractivity contribution in [1.29, 1.82) is 0 Å². The average Bonchev–Trinajstić information content (AvgIpc) is 2.85. The lowest BCUT2D eigenvalue weighted by Crippen LogP contribution is -2.51. The predicted octanol–water partition coefficient (Wildman–Crippen LogP) is 7.40. The van der Waals surface area contributed by atoms with Gasteiger partial charge in [-0.3, -0.25) is 0 Å². The third-order valence-electron chi connectivity index (χ3n) is 7.76. The first-order valence-electron chi connectivity index (χ1n) is 14.2. The van der Waals surface area contributed by atoms with E-state index in [1.807, 2.05) is 24.3 Å². The van der Waals surface area contributed by atoms with Gasteiger partial charge in [-0.15, -0.1) is 0 Å². The van der Waals surface area contributed by atoms with E-state index >= 15 is 0 Å². The Morgan fingerprint density at radius 2 is 1.32 bits per heavy atom. The molecule has 6 heteroatoms. The molecule has 2 unspecified atom stereocenters. The Labute approximate surface area is 228 Å². The molecule has 0 spiro atoms. The Bertz CT molecular complexity index is 1130. The molecule has 3 rings (SSSR count). The fourth-order valence-corrected chi connectivity index (χ4v) is 6.47. The second kappa shape index (κ2) is 12.7. The zero-order valence-electron chi connectivity index (χ0n) is 24.3. The van der Waals surface area contributed by atoms with Crippen molar-refractivity contribution in [2.75, 3.05) is 6.54 Å². The first-order valence-corrected chi connectivity index (χ1v) is 14.2. The molecule has 1 aliphatic carbocycles. The highest BCUT2D eigenvalue weighted by Gasteiger charge is 2.42. The van der Waals surface area contributed by atoms with Gasteiger partial charge in [-0.25, -0.2) is 9.59 Å². The van der Waals surface area contributed by atoms with Gasteiger partial charge < -0.3 is 20.1 Å². The molecule has 1 aliphatic rings. The van der Waals surface area contributed by atoms with Crippen LogP contribution >= 0.6 is 0 Å². The van der Waals surface area contributed by atoms with Gasteiger partial charge in [0.25, 0.3) is 0 Å². The molecule has 2 amide bonds. The second-order valence-electron chi connectivity index (χ2n) is 11.7. The first-order chi connectivity index (χ1) is 18.0. The Morgan fingerprint density at radius 3 is 1.82 bits per heavy atom. The summed E-state index contributed by atoms with van der Waals surface area (Å²) in [5.41, 5.74) is 4.36. The summed E-state index contributed by atoms with van der Waals surface area (Å²) in [5.74, 6) is 1.25. The summed E-state index contributed by atoms with van der Waals surface area (Å²) in [5, 5.41) is 6.12. The molecular weight excluding hydrogens is 476 g/mol. The van der Waals surface area contributed by atoms with Gasteiger partial charge in [0.05, 0.1) is 0 Å². The smallest absolute Gasteiger partial charge is 0.410 e. The van der Waals surface area contributed by atoms with Crippen molar-refractivity contribution in [2.45, 2.75) is 99.5 Å². The summed E-state index contributed by atoms with van der Waals surface area (Å²) < 4.78 is 11.5. The van der Waals surface area contributed by atoms with E-state index in [-0.39, 0.29) is 16.9 Å². The lowest BCUT2D eigenvalue weighted by Gasteiger charge is -2.46. The van der Waals surface area contributed by atoms with Gasteiger partial charge in [-0.1, -0.05) is 72.7 Å². The number of carbonyl (C=O) groups excluding carboxylic acids is 2. The quantitative estimate of drug-likeness (QED) is 0.360. The van der Waals surface area contributed by atoms with E-state index < -0.39 is 12.2 Å². The van der Waals surface area contributed by atoms with Crippen molar-refractivity contribution in [3.05, 3.63) is 58.7 Å². The maximum atomic E-state index is 12.9. The fraction of sp³-hybridized carbons (Fsp3) is 0.562. The van der Waals surface area contributed by atoms with Crippen molar-refractivity contribution < 1.29 is 19.1 Å². The largest absolute Gasteiger partial charge is 0.412 e. The highest BCUT2D eigenvalue weighted by molar-refractivity contribution is 5.72. The lowest BCUT2D eigenvalue weighted by molar-refractivity contribution is 0.0701. The summed E-state index contributed by atoms with van der Waals surface area (Å²) in [6.07, 6.45) is 5.08. The predicted molar refractivity (Wildman–Crippen MR) is 153 cm³/mol. The average molecular weight is 523 g/mol. The van der Waals surface area contributed by atoms with Gasteiger partial charge in [-0.05, 0) is 90.2 Å². The van der Waals surface area contributed by atoms with E-state index in [4.69, 9.17) is 9.47 Å². The molecule has 1 fully saturated rings. The summed E-state index contributed by atoms with van der Waals surface area (Å²) in [6.45, 7) is 15.4. The zero-order valence-corrected chi connectivity index (χ0v) is 24.3. The highest BCUT2D eigenvalue weighted by atomic mass is 16.6. The van der Waals surface area contributed by atoms with Gasteiger partial charge >= 0.3 is 12.2 Å². The molecule has 2 atom stereocenters. The van der Waals surface area contributed by atoms with Gasteiger partial charge in [-0.2, -0.15) is 0 Å². The van der Waals surface area contributed by atoms with Crippen LogP contribution in [0.15, 0.2) is 36.4 Å². The van der Waals surface area contributed by atoms with E-state index in [0.717, 1.165) is 56.1 Å². The van der Waals surface area contributed by atoms with Crippen LogP contribution in [0.1, 0.15) is 90.0 Å². The number of ether oxygens (including phenoxy) is 2. The van der Waals surface area contributed by atoms with Gasteiger partial charge in [0.15, 0.2) is 0 Å². The molecule has 0 bridgehead atoms. The number of carbonyl (C=O) groups is 2. The standard InChI is InChI=1S/C32H46N2O4/c1-8-22-14-12-16-27(25(22)10-3)37-29(35)33-21-32(7)19-24(18-31(5,6)20-32)34-30(36)38-28-17-13-15-23(9-2)26(28)11-4/h12-17,24H,8-11,18-21H2,1-7H3,(H,33,35)(H,34,36). The fourth-order valence-electron chi connectivity index (χ4n) is 6.47. The van der Waals surface area contributed by atoms with Crippen LogP contribution in [0.2, 0.25) is 0 Å². The van der Waals surface area contributed by atoms with E-state index in [0.29, 0.717) is 18.0 Å². The van der Waals surface area contributed by atoms with E-state index in [1.165, 1.54) is 11.1 Å². The van der Waals surface area contributed by atoms with Gasteiger partial charge in [0.1, 0.15) is 11.5 Å². The Kier molecular flexibility index (Phi) is 9.86. The number of aryl methyl sites for hydroxylation is 2. The maximum Gasteiger partial charge on any atom is 0.412 e. The number of nitrogens with one attached hydrogen (secondary N) is 2. The number of rotatable bonds is 9. The molecule has 0 aromatic heterocycles. The minimum Gasteiger partial charge on any atom is -0.410 e. The minimum absolute atomic E-state index is 0.00191. The molecule has 6 nitrogen and oxygen atoms in total. The monoisotopic (exact) mass is 522 g/mol. The van der Waals surface area contributed by atoms with Crippen molar-refractivity contribution in [3.63, 3.8) is 0 Å². The number of amides is 2. The molecule has 2 aromatic rings. The number of hydrogen-bond acceptors (Lipinski definition) is 4. The van der Waals surface area contributed by atoms with E-state index in [1.54, 1.807) is 0 Å². The lowest BCUT2D eigenvalue weighted by atomic mass is 9.62. The van der Waals surface area contributed by atoms with Gasteiger partial charge in [0, 0.05) is 12.6 Å². The second-order valence-corrected chi connectivity index (χ2v) is 11.7. The van der Waals surface area contributed by atoms with E-state index in [2.05, 4.69) is 71.2 Å². The van der Waals surface area contributed by atoms with Crippen LogP contribution in [-0.2, 0) is 25.7 Å². The third-order valence-corrected chi connectivity index (χ3v) is 7.76. The van der Waals surface area contributed by atoms with Crippen LogP contribution in [0.4, 0.5) is 9.59 Å². The van der Waals surface area contributed by atoms with Crippen LogP contribution in [0.3, 0.4) is 0 Å². The minimum atomic E-state index is -0.440. The first kappa shape index (κ1) is 29.5. The Hall–Kier alpha value is -3.02. The molecule has 208 valence electrons.